The van der Waals surface area contributed by atoms with Gasteiger partial charge in [0, 0.05) is 10.9 Å². The highest BCUT2D eigenvalue weighted by Crippen LogP contribution is 2.44. The number of hydrogen-bond donors (Lipinski definition) is 1. The van der Waals surface area contributed by atoms with Crippen LogP contribution in [0.15, 0.2) is 11.4 Å². The first kappa shape index (κ1) is 11.2. The Morgan fingerprint density at radius 2 is 2.12 bits per heavy atom. The molecule has 2 nitrogen and oxygen atoms in total. The first-order chi connectivity index (χ1) is 7.77. The summed E-state index contributed by atoms with van der Waals surface area (Å²) in [5.41, 5.74) is 1.18. The highest BCUT2D eigenvalue weighted by molar-refractivity contribution is 7.10. The number of rotatable bonds is 3. The Labute approximate surface area is 99.9 Å². The van der Waals surface area contributed by atoms with E-state index in [9.17, 15) is 5.11 Å². The largest absolute Gasteiger partial charge is 0.387 e. The van der Waals surface area contributed by atoms with Crippen molar-refractivity contribution in [2.24, 2.45) is 0 Å². The Kier molecular flexibility index (Phi) is 3.31. The van der Waals surface area contributed by atoms with Crippen LogP contribution in [0.3, 0.4) is 0 Å². The molecule has 0 fully saturated rings. The molecule has 2 rings (SSSR count). The Balaban J connectivity index is 2.23. The van der Waals surface area contributed by atoms with Gasteiger partial charge in [-0.25, -0.2) is 0 Å². The second kappa shape index (κ2) is 4.72. The summed E-state index contributed by atoms with van der Waals surface area (Å²) in [4.78, 5) is 3.12. The van der Waals surface area contributed by atoms with E-state index in [1.165, 1.54) is 5.56 Å². The lowest BCUT2D eigenvalue weighted by Gasteiger charge is -2.25. The van der Waals surface area contributed by atoms with Crippen LogP contribution in [0.2, 0.25) is 0 Å². The third-order valence-electron chi connectivity index (χ3n) is 2.86. The molecule has 0 aromatic carbocycles. The smallest absolute Gasteiger partial charge is 0.0903 e. The maximum absolute atomic E-state index is 9.91. The third-order valence-corrected chi connectivity index (χ3v) is 3.90. The lowest BCUT2D eigenvalue weighted by molar-refractivity contribution is 0.140. The zero-order valence-corrected chi connectivity index (χ0v) is 9.70. The molecule has 1 heterocycles. The Morgan fingerprint density at radius 3 is 2.75 bits per heavy atom. The van der Waals surface area contributed by atoms with E-state index in [4.69, 9.17) is 12.8 Å². The number of aliphatic hydroxyl groups is 1. The molecule has 0 saturated carbocycles. The second-order valence-electron chi connectivity index (χ2n) is 3.82. The summed E-state index contributed by atoms with van der Waals surface area (Å²) >= 11 is 1.60. The quantitative estimate of drug-likeness (QED) is 0.802. The molecule has 0 bridgehead atoms. The number of nitrogens with zero attached hydrogens (tertiary/aromatic N) is 1. The van der Waals surface area contributed by atoms with E-state index in [1.54, 1.807) is 11.3 Å². The number of hydrogen-bond acceptors (Lipinski definition) is 3. The highest BCUT2D eigenvalue weighted by Gasteiger charge is 2.34. The average Bonchev–Trinajstić information content (AvgIpc) is 2.83. The monoisotopic (exact) mass is 231 g/mol. The zero-order valence-electron chi connectivity index (χ0n) is 8.89. The van der Waals surface area contributed by atoms with Crippen molar-refractivity contribution in [3.8, 4) is 24.7 Å². The lowest BCUT2D eigenvalue weighted by atomic mass is 10.1. The van der Waals surface area contributed by atoms with Gasteiger partial charge in [0.05, 0.1) is 19.2 Å². The van der Waals surface area contributed by atoms with E-state index in [-0.39, 0.29) is 12.1 Å². The second-order valence-corrected chi connectivity index (χ2v) is 4.77. The van der Waals surface area contributed by atoms with Crippen molar-refractivity contribution < 1.29 is 5.11 Å². The Hall–Kier alpha value is -1.26. The minimum absolute atomic E-state index is 0.170. The van der Waals surface area contributed by atoms with Gasteiger partial charge < -0.3 is 5.11 Å². The van der Waals surface area contributed by atoms with Gasteiger partial charge in [0.2, 0.25) is 0 Å². The predicted octanol–water partition coefficient (Wildman–Crippen LogP) is 1.79. The van der Waals surface area contributed by atoms with Crippen LogP contribution < -0.4 is 0 Å². The third kappa shape index (κ3) is 1.86. The molecule has 0 saturated heterocycles. The number of fused-ring (bicyclic) bond motifs is 1. The summed E-state index contributed by atoms with van der Waals surface area (Å²) in [6.07, 6.45) is 11.0. The van der Waals surface area contributed by atoms with E-state index < -0.39 is 0 Å². The Morgan fingerprint density at radius 1 is 1.44 bits per heavy atom. The molecule has 3 heteroatoms. The molecule has 0 amide bonds. The highest BCUT2D eigenvalue weighted by atomic mass is 32.1. The van der Waals surface area contributed by atoms with Crippen molar-refractivity contribution in [1.29, 1.82) is 0 Å². The van der Waals surface area contributed by atoms with E-state index in [0.717, 1.165) is 4.88 Å². The fraction of sp³-hybridized carbons (Fsp3) is 0.385. The predicted molar refractivity (Wildman–Crippen MR) is 65.9 cm³/mol. The topological polar surface area (TPSA) is 23.5 Å². The summed E-state index contributed by atoms with van der Waals surface area (Å²) in [7, 11) is 0. The minimum atomic E-state index is -0.363. The van der Waals surface area contributed by atoms with Crippen molar-refractivity contribution >= 4 is 11.3 Å². The van der Waals surface area contributed by atoms with Crippen LogP contribution in [0.4, 0.5) is 0 Å². The van der Waals surface area contributed by atoms with Crippen LogP contribution in [0, 0.1) is 24.7 Å². The molecule has 2 atom stereocenters. The van der Waals surface area contributed by atoms with Gasteiger partial charge in [0.15, 0.2) is 0 Å². The SMILES string of the molecule is C#CCN(CC#C)[C@H]1C[C@H](O)c2sccc21. The van der Waals surface area contributed by atoms with Crippen LogP contribution in [-0.4, -0.2) is 23.1 Å². The van der Waals surface area contributed by atoms with Crippen LogP contribution in [0.5, 0.6) is 0 Å². The fourth-order valence-electron chi connectivity index (χ4n) is 2.18. The van der Waals surface area contributed by atoms with Gasteiger partial charge in [-0.3, -0.25) is 4.90 Å². The van der Waals surface area contributed by atoms with Gasteiger partial charge in [-0.05, 0) is 23.4 Å². The van der Waals surface area contributed by atoms with Gasteiger partial charge in [-0.15, -0.1) is 24.2 Å². The molecule has 1 aliphatic carbocycles. The zero-order chi connectivity index (χ0) is 11.5. The minimum Gasteiger partial charge on any atom is -0.387 e. The number of thiophene rings is 1. The van der Waals surface area contributed by atoms with Gasteiger partial charge in [-0.1, -0.05) is 11.8 Å². The van der Waals surface area contributed by atoms with Crippen molar-refractivity contribution in [3.05, 3.63) is 21.9 Å². The Bertz CT molecular complexity index is 435. The van der Waals surface area contributed by atoms with Crippen molar-refractivity contribution in [2.45, 2.75) is 18.6 Å². The molecule has 16 heavy (non-hydrogen) atoms. The van der Waals surface area contributed by atoms with Crippen LogP contribution in [0.25, 0.3) is 0 Å². The molecule has 0 spiro atoms. The van der Waals surface area contributed by atoms with E-state index >= 15 is 0 Å². The summed E-state index contributed by atoms with van der Waals surface area (Å²) in [5.74, 6) is 5.24. The molecule has 82 valence electrons. The first-order valence-corrected chi connectivity index (χ1v) is 6.02. The molecule has 0 unspecified atom stereocenters. The molecule has 0 aliphatic heterocycles. The van der Waals surface area contributed by atoms with Gasteiger partial charge in [0.25, 0.3) is 0 Å². The van der Waals surface area contributed by atoms with Crippen LogP contribution in [0.1, 0.15) is 29.0 Å². The first-order valence-electron chi connectivity index (χ1n) is 5.14. The molecule has 1 aliphatic rings. The van der Waals surface area contributed by atoms with Crippen molar-refractivity contribution in [2.75, 3.05) is 13.1 Å². The molecule has 1 aromatic heterocycles. The fourth-order valence-corrected chi connectivity index (χ4v) is 3.13. The summed E-state index contributed by atoms with van der Waals surface area (Å²) in [6, 6.07) is 2.23. The number of terminal acetylenes is 2. The summed E-state index contributed by atoms with van der Waals surface area (Å²) in [6.45, 7) is 1.05. The lowest BCUT2D eigenvalue weighted by Crippen LogP contribution is -2.28. The summed E-state index contributed by atoms with van der Waals surface area (Å²) in [5, 5.41) is 11.9. The van der Waals surface area contributed by atoms with E-state index in [0.29, 0.717) is 19.5 Å². The molecule has 1 aromatic rings. The van der Waals surface area contributed by atoms with E-state index in [1.807, 2.05) is 5.38 Å². The van der Waals surface area contributed by atoms with Gasteiger partial charge >= 0.3 is 0 Å². The van der Waals surface area contributed by atoms with Crippen molar-refractivity contribution in [1.82, 2.24) is 4.90 Å². The molecular formula is C13H13NOS. The number of aliphatic hydroxyl groups excluding tert-OH is 1. The maximum atomic E-state index is 9.91. The summed E-state index contributed by atoms with van der Waals surface area (Å²) < 4.78 is 0. The van der Waals surface area contributed by atoms with Gasteiger partial charge in [0.1, 0.15) is 0 Å². The maximum Gasteiger partial charge on any atom is 0.0903 e. The molecular weight excluding hydrogens is 218 g/mol. The van der Waals surface area contributed by atoms with Crippen LogP contribution >= 0.6 is 11.3 Å². The van der Waals surface area contributed by atoms with Crippen molar-refractivity contribution in [3.63, 3.8) is 0 Å². The normalized spacial score (nSPS) is 22.8. The van der Waals surface area contributed by atoms with Crippen LogP contribution in [-0.2, 0) is 0 Å². The van der Waals surface area contributed by atoms with Gasteiger partial charge in [-0.2, -0.15) is 0 Å². The van der Waals surface area contributed by atoms with E-state index in [2.05, 4.69) is 22.8 Å². The molecule has 1 N–H and O–H groups in total. The average molecular weight is 231 g/mol. The molecule has 0 radical (unpaired) electrons. The standard InChI is InChI=1S/C13H13NOS/c1-3-6-14(7-4-2)11-9-12(15)13-10(11)5-8-16-13/h1-2,5,8,11-12,15H,6-7,9H2/t11-,12-/m0/s1.